The predicted molar refractivity (Wildman–Crippen MR) is 113 cm³/mol. The summed E-state index contributed by atoms with van der Waals surface area (Å²) >= 11 is 0. The van der Waals surface area contributed by atoms with E-state index in [4.69, 9.17) is 0 Å². The van der Waals surface area contributed by atoms with Gasteiger partial charge in [0.25, 0.3) is 0 Å². The highest BCUT2D eigenvalue weighted by atomic mass is 15.5. The number of hydrogen-bond acceptors (Lipinski definition) is 13. The number of guanidine groups is 3. The molecule has 4 aliphatic rings. The fourth-order valence-electron chi connectivity index (χ4n) is 2.98. The van der Waals surface area contributed by atoms with Gasteiger partial charge in [0.05, 0.1) is 30.8 Å². The minimum Gasteiger partial charge on any atom is -0.376 e. The van der Waals surface area contributed by atoms with Gasteiger partial charge in [-0.1, -0.05) is 0 Å². The van der Waals surface area contributed by atoms with Crippen molar-refractivity contribution >= 4 is 41.6 Å². The lowest BCUT2D eigenvalue weighted by Gasteiger charge is -2.30. The lowest BCUT2D eigenvalue weighted by Crippen LogP contribution is -2.48. The molecule has 0 atom stereocenters. The highest BCUT2D eigenvalue weighted by Gasteiger charge is 2.36. The SMILES string of the molecule is C1=NC=C(C2=NC3=NC(c4cnccn4)=NC4=NC(c5cnccn5)=NC(=N2)N34)NC1. The minimum absolute atomic E-state index is 0.298. The number of hydrogen-bond donors (Lipinski definition) is 1. The molecule has 2 aromatic rings. The van der Waals surface area contributed by atoms with Gasteiger partial charge in [-0.25, -0.2) is 14.9 Å². The third kappa shape index (κ3) is 3.00. The van der Waals surface area contributed by atoms with E-state index >= 15 is 0 Å². The lowest BCUT2D eigenvalue weighted by molar-refractivity contribution is 0.822. The van der Waals surface area contributed by atoms with E-state index < -0.39 is 0 Å². The van der Waals surface area contributed by atoms with E-state index in [1.165, 1.54) is 0 Å². The molecule has 6 heterocycles. The van der Waals surface area contributed by atoms with Crippen LogP contribution in [0.3, 0.4) is 0 Å². The minimum atomic E-state index is 0.298. The highest BCUT2D eigenvalue weighted by molar-refractivity contribution is 6.33. The van der Waals surface area contributed by atoms with Gasteiger partial charge in [0.15, 0.2) is 17.5 Å². The first-order valence-corrected chi connectivity index (χ1v) is 9.16. The van der Waals surface area contributed by atoms with Gasteiger partial charge in [0, 0.05) is 31.0 Å². The summed E-state index contributed by atoms with van der Waals surface area (Å²) < 4.78 is 0. The fraction of sp³-hybridized carbons (Fsp3) is 0.0556. The summed E-state index contributed by atoms with van der Waals surface area (Å²) in [6.07, 6.45) is 12.8. The van der Waals surface area contributed by atoms with Crippen LogP contribution in [0.5, 0.6) is 0 Å². The van der Waals surface area contributed by atoms with Crippen LogP contribution in [-0.2, 0) is 0 Å². The molecule has 6 rings (SSSR count). The summed E-state index contributed by atoms with van der Waals surface area (Å²) in [5, 5.41) is 3.19. The number of aromatic nitrogens is 4. The molecule has 148 valence electrons. The second kappa shape index (κ2) is 6.91. The Morgan fingerprint density at radius 3 is 1.77 bits per heavy atom. The Kier molecular flexibility index (Phi) is 3.81. The van der Waals surface area contributed by atoms with E-state index in [2.05, 4.69) is 60.2 Å². The summed E-state index contributed by atoms with van der Waals surface area (Å²) in [5.74, 6) is 1.97. The molecule has 0 fully saturated rings. The third-order valence-electron chi connectivity index (χ3n) is 4.35. The van der Waals surface area contributed by atoms with E-state index in [0.717, 1.165) is 0 Å². The smallest absolute Gasteiger partial charge is 0.243 e. The van der Waals surface area contributed by atoms with Crippen molar-refractivity contribution in [2.45, 2.75) is 0 Å². The van der Waals surface area contributed by atoms with E-state index in [9.17, 15) is 0 Å². The van der Waals surface area contributed by atoms with Crippen molar-refractivity contribution in [3.05, 3.63) is 60.5 Å². The molecule has 0 bridgehead atoms. The molecule has 0 saturated heterocycles. The van der Waals surface area contributed by atoms with Gasteiger partial charge in [-0.2, -0.15) is 30.0 Å². The van der Waals surface area contributed by atoms with Crippen molar-refractivity contribution in [2.75, 3.05) is 6.54 Å². The number of aliphatic imine (C=N–C) groups is 7. The fourth-order valence-corrected chi connectivity index (χ4v) is 2.98. The normalized spacial score (nSPS) is 19.0. The van der Waals surface area contributed by atoms with Crippen molar-refractivity contribution in [3.8, 4) is 0 Å². The van der Waals surface area contributed by atoms with Crippen LogP contribution in [-0.4, -0.2) is 73.0 Å². The summed E-state index contributed by atoms with van der Waals surface area (Å²) in [5.41, 5.74) is 1.63. The number of nitrogens with zero attached hydrogens (tertiary/aromatic N) is 12. The van der Waals surface area contributed by atoms with Crippen LogP contribution in [0.2, 0.25) is 0 Å². The molecule has 4 aliphatic heterocycles. The zero-order chi connectivity index (χ0) is 20.6. The van der Waals surface area contributed by atoms with E-state index in [0.29, 0.717) is 59.0 Å². The Bertz CT molecular complexity index is 1270. The lowest BCUT2D eigenvalue weighted by atomic mass is 10.3. The molecule has 0 aromatic carbocycles. The Hall–Kier alpha value is -4.81. The topological polar surface area (TPSA) is 153 Å². The van der Waals surface area contributed by atoms with Crippen molar-refractivity contribution in [1.82, 2.24) is 30.2 Å². The zero-order valence-corrected chi connectivity index (χ0v) is 15.7. The summed E-state index contributed by atoms with van der Waals surface area (Å²) in [6, 6.07) is 0. The molecule has 0 aliphatic carbocycles. The molecule has 0 spiro atoms. The van der Waals surface area contributed by atoms with E-state index in [1.54, 1.807) is 54.5 Å². The van der Waals surface area contributed by atoms with Crippen LogP contribution in [0.1, 0.15) is 11.4 Å². The molecule has 0 radical (unpaired) electrons. The average Bonchev–Trinajstić information content (AvgIpc) is 2.85. The Morgan fingerprint density at radius 1 is 0.677 bits per heavy atom. The molecule has 13 nitrogen and oxygen atoms in total. The van der Waals surface area contributed by atoms with Gasteiger partial charge in [0.1, 0.15) is 11.4 Å². The van der Waals surface area contributed by atoms with Crippen LogP contribution in [0, 0.1) is 0 Å². The first kappa shape index (κ1) is 17.1. The largest absolute Gasteiger partial charge is 0.376 e. The first-order valence-electron chi connectivity index (χ1n) is 9.16. The third-order valence-corrected chi connectivity index (χ3v) is 4.35. The van der Waals surface area contributed by atoms with Crippen molar-refractivity contribution in [3.63, 3.8) is 0 Å². The Morgan fingerprint density at radius 2 is 1.26 bits per heavy atom. The highest BCUT2D eigenvalue weighted by Crippen LogP contribution is 2.21. The van der Waals surface area contributed by atoms with Gasteiger partial charge in [-0.05, 0) is 0 Å². The van der Waals surface area contributed by atoms with Crippen LogP contribution in [0.4, 0.5) is 0 Å². The van der Waals surface area contributed by atoms with Crippen molar-refractivity contribution in [1.29, 1.82) is 0 Å². The van der Waals surface area contributed by atoms with Gasteiger partial charge < -0.3 is 5.32 Å². The van der Waals surface area contributed by atoms with E-state index in [-0.39, 0.29) is 0 Å². The maximum Gasteiger partial charge on any atom is 0.243 e. The van der Waals surface area contributed by atoms with Gasteiger partial charge in [-0.15, -0.1) is 0 Å². The summed E-state index contributed by atoms with van der Waals surface area (Å²) in [6.45, 7) is 0.568. The number of amidine groups is 3. The van der Waals surface area contributed by atoms with E-state index in [1.807, 2.05) is 0 Å². The molecule has 13 heteroatoms. The first-order chi connectivity index (χ1) is 15.3. The van der Waals surface area contributed by atoms with Crippen LogP contribution >= 0.6 is 0 Å². The van der Waals surface area contributed by atoms with Crippen LogP contribution in [0.15, 0.2) is 84.0 Å². The molecule has 2 aromatic heterocycles. The Labute approximate surface area is 174 Å². The molecule has 0 unspecified atom stereocenters. The van der Waals surface area contributed by atoms with Gasteiger partial charge in [0.2, 0.25) is 17.9 Å². The zero-order valence-electron chi connectivity index (χ0n) is 15.7. The molecule has 1 N–H and O–H groups in total. The second-order valence-electron chi connectivity index (χ2n) is 6.31. The standard InChI is InChI=1S/C18H11N13/c1-4-22-10(7-19-1)13-25-16-27-14(11-8-20-2-5-23-11)29-18-30-15(12-9-21-3-6-24-12)28-17(26-13)31(16)18/h1-5,7-9,24H,6H2. The van der Waals surface area contributed by atoms with Crippen LogP contribution in [0.25, 0.3) is 0 Å². The summed E-state index contributed by atoms with van der Waals surface area (Å²) in [4.78, 5) is 49.8. The van der Waals surface area contributed by atoms with Gasteiger partial charge >= 0.3 is 0 Å². The predicted octanol–water partition coefficient (Wildman–Crippen LogP) is -0.215. The number of rotatable bonds is 3. The number of nitrogens with one attached hydrogen (secondary N) is 1. The van der Waals surface area contributed by atoms with Crippen molar-refractivity contribution < 1.29 is 0 Å². The maximum absolute atomic E-state index is 4.58. The van der Waals surface area contributed by atoms with Gasteiger partial charge in [-0.3, -0.25) is 15.0 Å². The second-order valence-corrected chi connectivity index (χ2v) is 6.31. The molecular formula is C18H11N13. The molecule has 0 amide bonds. The van der Waals surface area contributed by atoms with Crippen molar-refractivity contribution in [2.24, 2.45) is 34.9 Å². The molecule has 0 saturated carbocycles. The monoisotopic (exact) mass is 409 g/mol. The quantitative estimate of drug-likeness (QED) is 0.740. The van der Waals surface area contributed by atoms with Crippen LogP contribution < -0.4 is 5.32 Å². The maximum atomic E-state index is 4.58. The Balaban J connectivity index is 1.53. The average molecular weight is 409 g/mol. The summed E-state index contributed by atoms with van der Waals surface area (Å²) in [7, 11) is 0. The molecular weight excluding hydrogens is 398 g/mol. The molecule has 31 heavy (non-hydrogen) atoms.